The quantitative estimate of drug-likeness (QED) is 0.892. The second-order valence-corrected chi connectivity index (χ2v) is 5.46. The Hall–Kier alpha value is -1.35. The number of likely N-dealkylation sites (tertiary alicyclic amines) is 1. The molecule has 1 fully saturated rings. The minimum atomic E-state index is -0.718. The van der Waals surface area contributed by atoms with Crippen LogP contribution >= 0.6 is 0 Å². The summed E-state index contributed by atoms with van der Waals surface area (Å²) in [6, 6.07) is 8.51. The second kappa shape index (κ2) is 4.73. The number of rotatable bonds is 3. The van der Waals surface area contributed by atoms with Gasteiger partial charge in [0.05, 0.1) is 0 Å². The van der Waals surface area contributed by atoms with Crippen LogP contribution in [-0.2, 0) is 4.79 Å². The van der Waals surface area contributed by atoms with Gasteiger partial charge in [0.1, 0.15) is 5.54 Å². The van der Waals surface area contributed by atoms with E-state index in [-0.39, 0.29) is 6.04 Å². The van der Waals surface area contributed by atoms with E-state index in [2.05, 4.69) is 43.0 Å². The van der Waals surface area contributed by atoms with Gasteiger partial charge in [-0.05, 0) is 45.7 Å². The molecule has 3 nitrogen and oxygen atoms in total. The van der Waals surface area contributed by atoms with Gasteiger partial charge in [-0.2, -0.15) is 0 Å². The summed E-state index contributed by atoms with van der Waals surface area (Å²) in [6.45, 7) is 6.85. The number of nitrogens with zero attached hydrogens (tertiary/aromatic N) is 1. The normalized spacial score (nSPS) is 26.2. The molecule has 1 N–H and O–H groups in total. The predicted octanol–water partition coefficient (Wildman–Crippen LogP) is 3.00. The van der Waals surface area contributed by atoms with Crippen LogP contribution in [0.2, 0.25) is 0 Å². The van der Waals surface area contributed by atoms with E-state index < -0.39 is 11.5 Å². The largest absolute Gasteiger partial charge is 0.480 e. The standard InChI is InChI=1S/C15H21NO2/c1-11-5-7-13(8-6-11)12(2)16-10-4-9-15(16,3)14(17)18/h5-8,12H,4,9-10H2,1-3H3,(H,17,18). The SMILES string of the molecule is Cc1ccc(C(C)N2CCCC2(C)C(=O)O)cc1. The first-order valence-corrected chi connectivity index (χ1v) is 6.52. The third kappa shape index (κ3) is 2.15. The number of aliphatic carboxylic acids is 1. The van der Waals surface area contributed by atoms with Crippen LogP contribution in [0.15, 0.2) is 24.3 Å². The molecular weight excluding hydrogens is 226 g/mol. The van der Waals surface area contributed by atoms with Gasteiger partial charge in [-0.25, -0.2) is 0 Å². The van der Waals surface area contributed by atoms with E-state index in [0.717, 1.165) is 19.4 Å². The monoisotopic (exact) mass is 247 g/mol. The summed E-state index contributed by atoms with van der Waals surface area (Å²) < 4.78 is 0. The van der Waals surface area contributed by atoms with E-state index in [4.69, 9.17) is 0 Å². The van der Waals surface area contributed by atoms with Crippen LogP contribution in [0.5, 0.6) is 0 Å². The molecule has 1 saturated heterocycles. The van der Waals surface area contributed by atoms with Gasteiger partial charge in [0.25, 0.3) is 0 Å². The summed E-state index contributed by atoms with van der Waals surface area (Å²) in [5, 5.41) is 9.44. The molecule has 1 heterocycles. The topological polar surface area (TPSA) is 40.5 Å². The van der Waals surface area contributed by atoms with E-state index in [1.165, 1.54) is 11.1 Å². The molecule has 0 aromatic heterocycles. The van der Waals surface area contributed by atoms with E-state index in [9.17, 15) is 9.90 Å². The average molecular weight is 247 g/mol. The van der Waals surface area contributed by atoms with Crippen molar-refractivity contribution >= 4 is 5.97 Å². The lowest BCUT2D eigenvalue weighted by atomic mass is 9.96. The van der Waals surface area contributed by atoms with Gasteiger partial charge in [0.15, 0.2) is 0 Å². The minimum absolute atomic E-state index is 0.147. The van der Waals surface area contributed by atoms with Crippen molar-refractivity contribution in [3.05, 3.63) is 35.4 Å². The predicted molar refractivity (Wildman–Crippen MR) is 71.6 cm³/mol. The van der Waals surface area contributed by atoms with Crippen LogP contribution in [0.1, 0.15) is 43.9 Å². The van der Waals surface area contributed by atoms with Gasteiger partial charge in [-0.1, -0.05) is 29.8 Å². The fourth-order valence-electron chi connectivity index (χ4n) is 2.86. The molecule has 18 heavy (non-hydrogen) atoms. The average Bonchev–Trinajstić information content (AvgIpc) is 2.73. The Bertz CT molecular complexity index is 440. The van der Waals surface area contributed by atoms with Crippen LogP contribution in [-0.4, -0.2) is 28.1 Å². The summed E-state index contributed by atoms with van der Waals surface area (Å²) >= 11 is 0. The maximum absolute atomic E-state index is 11.5. The molecule has 3 heteroatoms. The summed E-state index contributed by atoms with van der Waals surface area (Å²) in [6.07, 6.45) is 1.69. The Morgan fingerprint density at radius 3 is 2.56 bits per heavy atom. The fourth-order valence-corrected chi connectivity index (χ4v) is 2.86. The lowest BCUT2D eigenvalue weighted by molar-refractivity contribution is -0.149. The highest BCUT2D eigenvalue weighted by molar-refractivity contribution is 5.78. The van der Waals surface area contributed by atoms with E-state index in [0.29, 0.717) is 0 Å². The van der Waals surface area contributed by atoms with Crippen LogP contribution in [0.4, 0.5) is 0 Å². The molecule has 2 rings (SSSR count). The van der Waals surface area contributed by atoms with Crippen LogP contribution in [0.25, 0.3) is 0 Å². The Balaban J connectivity index is 2.25. The van der Waals surface area contributed by atoms with Crippen molar-refractivity contribution in [2.45, 2.75) is 45.2 Å². The maximum Gasteiger partial charge on any atom is 0.323 e. The van der Waals surface area contributed by atoms with Gasteiger partial charge in [-0.15, -0.1) is 0 Å². The van der Waals surface area contributed by atoms with Gasteiger partial charge in [0, 0.05) is 6.04 Å². The number of aryl methyl sites for hydroxylation is 1. The zero-order chi connectivity index (χ0) is 13.3. The molecule has 2 atom stereocenters. The van der Waals surface area contributed by atoms with E-state index >= 15 is 0 Å². The molecule has 1 aliphatic rings. The van der Waals surface area contributed by atoms with Gasteiger partial charge >= 0.3 is 5.97 Å². The molecule has 1 aromatic rings. The van der Waals surface area contributed by atoms with Gasteiger partial charge in [0.2, 0.25) is 0 Å². The third-order valence-corrected chi connectivity index (χ3v) is 4.18. The first kappa shape index (κ1) is 13.1. The molecule has 0 bridgehead atoms. The van der Waals surface area contributed by atoms with Crippen molar-refractivity contribution in [3.8, 4) is 0 Å². The summed E-state index contributed by atoms with van der Waals surface area (Å²) in [5.74, 6) is -0.709. The molecule has 0 amide bonds. The Labute approximate surface area is 108 Å². The molecule has 98 valence electrons. The molecule has 0 saturated carbocycles. The molecular formula is C15H21NO2. The highest BCUT2D eigenvalue weighted by atomic mass is 16.4. The number of hydrogen-bond acceptors (Lipinski definition) is 2. The maximum atomic E-state index is 11.5. The van der Waals surface area contributed by atoms with Crippen molar-refractivity contribution in [2.75, 3.05) is 6.54 Å². The minimum Gasteiger partial charge on any atom is -0.480 e. The zero-order valence-electron chi connectivity index (χ0n) is 11.3. The van der Waals surface area contributed by atoms with Crippen molar-refractivity contribution < 1.29 is 9.90 Å². The molecule has 0 spiro atoms. The van der Waals surface area contributed by atoms with Crippen LogP contribution in [0, 0.1) is 6.92 Å². The first-order valence-electron chi connectivity index (χ1n) is 6.52. The number of carbonyl (C=O) groups is 1. The number of carboxylic acid groups (broad SMARTS) is 1. The van der Waals surface area contributed by atoms with Crippen molar-refractivity contribution in [1.82, 2.24) is 4.90 Å². The van der Waals surface area contributed by atoms with Crippen LogP contribution in [0.3, 0.4) is 0 Å². The van der Waals surface area contributed by atoms with E-state index in [1.54, 1.807) is 0 Å². The lowest BCUT2D eigenvalue weighted by Gasteiger charge is -2.36. The van der Waals surface area contributed by atoms with Crippen molar-refractivity contribution in [2.24, 2.45) is 0 Å². The molecule has 0 aliphatic carbocycles. The Morgan fingerprint density at radius 1 is 1.39 bits per heavy atom. The highest BCUT2D eigenvalue weighted by Crippen LogP contribution is 2.36. The number of carboxylic acids is 1. The van der Waals surface area contributed by atoms with Gasteiger partial charge in [-0.3, -0.25) is 9.69 Å². The van der Waals surface area contributed by atoms with Crippen molar-refractivity contribution in [3.63, 3.8) is 0 Å². The Morgan fingerprint density at radius 2 is 2.00 bits per heavy atom. The summed E-state index contributed by atoms with van der Waals surface area (Å²) in [5.41, 5.74) is 1.70. The number of hydrogen-bond donors (Lipinski definition) is 1. The van der Waals surface area contributed by atoms with Gasteiger partial charge < -0.3 is 5.11 Å². The van der Waals surface area contributed by atoms with Crippen molar-refractivity contribution in [1.29, 1.82) is 0 Å². The zero-order valence-corrected chi connectivity index (χ0v) is 11.3. The lowest BCUT2D eigenvalue weighted by Crippen LogP contribution is -2.48. The smallest absolute Gasteiger partial charge is 0.323 e. The summed E-state index contributed by atoms with van der Waals surface area (Å²) in [4.78, 5) is 13.6. The number of benzene rings is 1. The third-order valence-electron chi connectivity index (χ3n) is 4.18. The molecule has 1 aromatic carbocycles. The first-order chi connectivity index (χ1) is 8.45. The fraction of sp³-hybridized carbons (Fsp3) is 0.533. The Kier molecular flexibility index (Phi) is 3.44. The molecule has 2 unspecified atom stereocenters. The highest BCUT2D eigenvalue weighted by Gasteiger charge is 2.45. The summed E-state index contributed by atoms with van der Waals surface area (Å²) in [7, 11) is 0. The van der Waals surface area contributed by atoms with E-state index in [1.807, 2.05) is 6.92 Å². The molecule has 0 radical (unpaired) electrons. The molecule has 1 aliphatic heterocycles. The second-order valence-electron chi connectivity index (χ2n) is 5.46. The van der Waals surface area contributed by atoms with Crippen LogP contribution < -0.4 is 0 Å².